The Morgan fingerprint density at radius 2 is 1.76 bits per heavy atom. The van der Waals surface area contributed by atoms with Gasteiger partial charge in [0.2, 0.25) is 0 Å². The molecule has 0 spiro atoms. The van der Waals surface area contributed by atoms with Crippen LogP contribution in [0.4, 0.5) is 0 Å². The summed E-state index contributed by atoms with van der Waals surface area (Å²) >= 11 is 0. The van der Waals surface area contributed by atoms with E-state index in [9.17, 15) is 20.1 Å². The van der Waals surface area contributed by atoms with Crippen LogP contribution in [0.1, 0.15) is 15.9 Å². The van der Waals surface area contributed by atoms with Crippen LogP contribution < -0.4 is 10.1 Å². The van der Waals surface area contributed by atoms with Crippen LogP contribution in [0.25, 0.3) is 0 Å². The van der Waals surface area contributed by atoms with Gasteiger partial charge in [-0.15, -0.1) is 0 Å². The normalized spacial score (nSPS) is 10.1. The van der Waals surface area contributed by atoms with Crippen molar-refractivity contribution in [2.75, 3.05) is 7.11 Å². The molecule has 6 nitrogen and oxygen atoms in total. The SMILES string of the molecule is COc1ccccc1CNC(=O)c1cc(O)c(O)c(O)c1. The predicted octanol–water partition coefficient (Wildman–Crippen LogP) is 1.74. The highest BCUT2D eigenvalue weighted by atomic mass is 16.5. The monoisotopic (exact) mass is 289 g/mol. The van der Waals surface area contributed by atoms with E-state index in [2.05, 4.69) is 5.32 Å². The molecule has 2 aromatic carbocycles. The minimum absolute atomic E-state index is 0.0395. The smallest absolute Gasteiger partial charge is 0.251 e. The topological polar surface area (TPSA) is 99.0 Å². The molecule has 21 heavy (non-hydrogen) atoms. The van der Waals surface area contributed by atoms with E-state index in [1.807, 2.05) is 18.2 Å². The third-order valence-electron chi connectivity index (χ3n) is 2.96. The van der Waals surface area contributed by atoms with Crippen molar-refractivity contribution in [3.05, 3.63) is 47.5 Å². The highest BCUT2D eigenvalue weighted by Crippen LogP contribution is 2.35. The van der Waals surface area contributed by atoms with Gasteiger partial charge in [0, 0.05) is 17.7 Å². The Morgan fingerprint density at radius 3 is 2.38 bits per heavy atom. The maximum absolute atomic E-state index is 12.0. The Balaban J connectivity index is 2.12. The number of phenols is 3. The molecule has 110 valence electrons. The minimum Gasteiger partial charge on any atom is -0.504 e. The Labute approximate surface area is 121 Å². The van der Waals surface area contributed by atoms with Gasteiger partial charge in [-0.2, -0.15) is 0 Å². The van der Waals surface area contributed by atoms with Crippen LogP contribution in [0.2, 0.25) is 0 Å². The highest BCUT2D eigenvalue weighted by molar-refractivity contribution is 5.95. The number of ether oxygens (including phenoxy) is 1. The molecule has 0 aliphatic heterocycles. The van der Waals surface area contributed by atoms with Crippen LogP contribution in [0.15, 0.2) is 36.4 Å². The molecule has 0 atom stereocenters. The van der Waals surface area contributed by atoms with Crippen molar-refractivity contribution < 1.29 is 24.9 Å². The van der Waals surface area contributed by atoms with Crippen molar-refractivity contribution in [1.82, 2.24) is 5.32 Å². The molecule has 2 aromatic rings. The molecular weight excluding hydrogens is 274 g/mol. The molecule has 0 saturated heterocycles. The van der Waals surface area contributed by atoms with E-state index in [4.69, 9.17) is 4.74 Å². The molecule has 0 aliphatic rings. The number of rotatable bonds is 4. The first-order valence-electron chi connectivity index (χ1n) is 6.18. The van der Waals surface area contributed by atoms with E-state index in [0.29, 0.717) is 5.75 Å². The summed E-state index contributed by atoms with van der Waals surface area (Å²) in [6, 6.07) is 9.38. The molecular formula is C15H15NO5. The Kier molecular flexibility index (Phi) is 4.18. The first-order valence-corrected chi connectivity index (χ1v) is 6.18. The molecule has 0 unspecified atom stereocenters. The summed E-state index contributed by atoms with van der Waals surface area (Å²) in [6.45, 7) is 0.227. The summed E-state index contributed by atoms with van der Waals surface area (Å²) < 4.78 is 5.17. The number of carbonyl (C=O) groups is 1. The van der Waals surface area contributed by atoms with Gasteiger partial charge in [0.1, 0.15) is 5.75 Å². The first kappa shape index (κ1) is 14.5. The van der Waals surface area contributed by atoms with Crippen LogP contribution in [0.5, 0.6) is 23.0 Å². The van der Waals surface area contributed by atoms with E-state index >= 15 is 0 Å². The molecule has 0 fully saturated rings. The standard InChI is InChI=1S/C15H15NO5/c1-21-13-5-3-2-4-9(13)8-16-15(20)10-6-11(17)14(19)12(18)7-10/h2-7,17-19H,8H2,1H3,(H,16,20). The largest absolute Gasteiger partial charge is 0.504 e. The van der Waals surface area contributed by atoms with E-state index in [1.54, 1.807) is 6.07 Å². The van der Waals surface area contributed by atoms with Gasteiger partial charge in [-0.25, -0.2) is 0 Å². The van der Waals surface area contributed by atoms with Gasteiger partial charge in [0.25, 0.3) is 5.91 Å². The predicted molar refractivity (Wildman–Crippen MR) is 75.6 cm³/mol. The van der Waals surface area contributed by atoms with Crippen LogP contribution in [0, 0.1) is 0 Å². The van der Waals surface area contributed by atoms with Crippen molar-refractivity contribution in [3.8, 4) is 23.0 Å². The first-order chi connectivity index (χ1) is 10.0. The van der Waals surface area contributed by atoms with Crippen LogP contribution in [-0.4, -0.2) is 28.3 Å². The minimum atomic E-state index is -0.656. The number of para-hydroxylation sites is 1. The summed E-state index contributed by atoms with van der Waals surface area (Å²) in [7, 11) is 1.54. The zero-order chi connectivity index (χ0) is 15.4. The summed E-state index contributed by atoms with van der Waals surface area (Å²) in [5.74, 6) is -1.62. The molecule has 0 bridgehead atoms. The maximum Gasteiger partial charge on any atom is 0.251 e. The average molecular weight is 289 g/mol. The van der Waals surface area contributed by atoms with Crippen molar-refractivity contribution in [2.24, 2.45) is 0 Å². The lowest BCUT2D eigenvalue weighted by Crippen LogP contribution is -2.23. The second-order valence-corrected chi connectivity index (χ2v) is 4.36. The van der Waals surface area contributed by atoms with Gasteiger partial charge < -0.3 is 25.4 Å². The molecule has 0 heterocycles. The van der Waals surface area contributed by atoms with E-state index in [1.165, 1.54) is 7.11 Å². The summed E-state index contributed by atoms with van der Waals surface area (Å²) in [5.41, 5.74) is 0.832. The molecule has 2 rings (SSSR count). The fraction of sp³-hybridized carbons (Fsp3) is 0.133. The summed E-state index contributed by atoms with van der Waals surface area (Å²) in [5, 5.41) is 30.7. The second kappa shape index (κ2) is 6.04. The van der Waals surface area contributed by atoms with E-state index in [0.717, 1.165) is 17.7 Å². The van der Waals surface area contributed by atoms with Crippen molar-refractivity contribution in [1.29, 1.82) is 0 Å². The molecule has 0 radical (unpaired) electrons. The van der Waals surface area contributed by atoms with Crippen molar-refractivity contribution in [3.63, 3.8) is 0 Å². The van der Waals surface area contributed by atoms with Gasteiger partial charge in [0.15, 0.2) is 17.2 Å². The van der Waals surface area contributed by atoms with Crippen molar-refractivity contribution in [2.45, 2.75) is 6.54 Å². The number of benzene rings is 2. The Morgan fingerprint density at radius 1 is 1.14 bits per heavy atom. The van der Waals surface area contributed by atoms with Crippen molar-refractivity contribution >= 4 is 5.91 Å². The molecule has 0 aromatic heterocycles. The zero-order valence-electron chi connectivity index (χ0n) is 11.3. The number of phenolic OH excluding ortho intramolecular Hbond substituents is 3. The summed E-state index contributed by atoms with van der Waals surface area (Å²) in [6.07, 6.45) is 0. The number of carbonyl (C=O) groups excluding carboxylic acids is 1. The Hall–Kier alpha value is -2.89. The number of hydrogen-bond donors (Lipinski definition) is 4. The van der Waals surface area contributed by atoms with Crippen LogP contribution in [-0.2, 0) is 6.54 Å². The number of methoxy groups -OCH3 is 1. The number of hydrogen-bond acceptors (Lipinski definition) is 5. The number of aromatic hydroxyl groups is 3. The van der Waals surface area contributed by atoms with E-state index < -0.39 is 23.2 Å². The molecule has 6 heteroatoms. The van der Waals surface area contributed by atoms with Crippen LogP contribution >= 0.6 is 0 Å². The quantitative estimate of drug-likeness (QED) is 0.643. The van der Waals surface area contributed by atoms with Crippen LogP contribution in [0.3, 0.4) is 0 Å². The van der Waals surface area contributed by atoms with E-state index in [-0.39, 0.29) is 12.1 Å². The molecule has 0 saturated carbocycles. The van der Waals surface area contributed by atoms with Gasteiger partial charge in [0.05, 0.1) is 7.11 Å². The average Bonchev–Trinajstić information content (AvgIpc) is 2.49. The van der Waals surface area contributed by atoms with Gasteiger partial charge in [-0.05, 0) is 18.2 Å². The third kappa shape index (κ3) is 3.17. The molecule has 4 N–H and O–H groups in total. The zero-order valence-corrected chi connectivity index (χ0v) is 11.3. The lowest BCUT2D eigenvalue weighted by atomic mass is 10.1. The summed E-state index contributed by atoms with van der Waals surface area (Å²) in [4.78, 5) is 12.0. The Bertz CT molecular complexity index is 646. The van der Waals surface area contributed by atoms with Gasteiger partial charge >= 0.3 is 0 Å². The van der Waals surface area contributed by atoms with Gasteiger partial charge in [-0.1, -0.05) is 18.2 Å². The number of nitrogens with one attached hydrogen (secondary N) is 1. The molecule has 0 aliphatic carbocycles. The number of amides is 1. The second-order valence-electron chi connectivity index (χ2n) is 4.36. The van der Waals surface area contributed by atoms with Gasteiger partial charge in [-0.3, -0.25) is 4.79 Å². The lowest BCUT2D eigenvalue weighted by Gasteiger charge is -2.10. The lowest BCUT2D eigenvalue weighted by molar-refractivity contribution is 0.0950. The highest BCUT2D eigenvalue weighted by Gasteiger charge is 2.13. The maximum atomic E-state index is 12.0. The molecule has 1 amide bonds. The fourth-order valence-electron chi connectivity index (χ4n) is 1.86. The fourth-order valence-corrected chi connectivity index (χ4v) is 1.86. The third-order valence-corrected chi connectivity index (χ3v) is 2.96.